The highest BCUT2D eigenvalue weighted by Gasteiger charge is 2.12. The first-order valence-electron chi connectivity index (χ1n) is 6.17. The molecule has 0 N–H and O–H groups in total. The highest BCUT2D eigenvalue weighted by atomic mass is 127. The monoisotopic (exact) mass is 351 g/mol. The molecule has 1 nitrogen and oxygen atoms in total. The minimum Gasteiger partial charge on any atom is -0.296 e. The first-order valence-corrected chi connectivity index (χ1v) is 7.41. The SMILES string of the molecule is C[C@@H](c1cccc2ccccc12)N(C)C/C=C/I. The quantitative estimate of drug-likeness (QED) is 0.717. The van der Waals surface area contributed by atoms with E-state index in [9.17, 15) is 0 Å². The van der Waals surface area contributed by atoms with Crippen LogP contribution in [-0.4, -0.2) is 18.5 Å². The van der Waals surface area contributed by atoms with E-state index in [1.165, 1.54) is 16.3 Å². The molecule has 2 rings (SSSR count). The maximum absolute atomic E-state index is 2.36. The van der Waals surface area contributed by atoms with E-state index in [0.29, 0.717) is 6.04 Å². The maximum atomic E-state index is 2.36. The fraction of sp³-hybridized carbons (Fsp3) is 0.250. The van der Waals surface area contributed by atoms with Gasteiger partial charge in [0.25, 0.3) is 0 Å². The third-order valence-electron chi connectivity index (χ3n) is 3.42. The van der Waals surface area contributed by atoms with Gasteiger partial charge in [0, 0.05) is 12.6 Å². The van der Waals surface area contributed by atoms with Gasteiger partial charge in [-0.3, -0.25) is 4.90 Å². The zero-order valence-corrected chi connectivity index (χ0v) is 13.0. The lowest BCUT2D eigenvalue weighted by atomic mass is 9.99. The van der Waals surface area contributed by atoms with E-state index in [2.05, 4.69) is 94.1 Å². The highest BCUT2D eigenvalue weighted by molar-refractivity contribution is 14.1. The standard InChI is InChI=1S/C16H18IN/c1-13(18(2)12-6-11-17)15-10-5-8-14-7-3-4-9-16(14)15/h3-11,13H,12H2,1-2H3/b11-6+/t13-/m0/s1. The van der Waals surface area contributed by atoms with Gasteiger partial charge in [-0.1, -0.05) is 71.1 Å². The van der Waals surface area contributed by atoms with Gasteiger partial charge in [0.1, 0.15) is 0 Å². The molecule has 0 fully saturated rings. The molecule has 0 aliphatic rings. The van der Waals surface area contributed by atoms with Gasteiger partial charge in [-0.05, 0) is 34.4 Å². The fourth-order valence-corrected chi connectivity index (χ4v) is 2.44. The highest BCUT2D eigenvalue weighted by Crippen LogP contribution is 2.27. The molecule has 0 aliphatic carbocycles. The Morgan fingerprint density at radius 1 is 1.17 bits per heavy atom. The smallest absolute Gasteiger partial charge is 0.0326 e. The minimum absolute atomic E-state index is 0.420. The van der Waals surface area contributed by atoms with Crippen molar-refractivity contribution in [3.05, 3.63) is 58.2 Å². The number of likely N-dealkylation sites (N-methyl/N-ethyl adjacent to an activating group) is 1. The molecule has 0 bridgehead atoms. The van der Waals surface area contributed by atoms with Crippen LogP contribution >= 0.6 is 22.6 Å². The van der Waals surface area contributed by atoms with Crippen LogP contribution < -0.4 is 0 Å². The Bertz CT molecular complexity index is 542. The summed E-state index contributed by atoms with van der Waals surface area (Å²) in [5.74, 6) is 0. The van der Waals surface area contributed by atoms with Crippen molar-refractivity contribution in [1.82, 2.24) is 4.90 Å². The van der Waals surface area contributed by atoms with Crippen molar-refractivity contribution in [3.8, 4) is 0 Å². The zero-order chi connectivity index (χ0) is 13.0. The Morgan fingerprint density at radius 2 is 1.89 bits per heavy atom. The van der Waals surface area contributed by atoms with Gasteiger partial charge < -0.3 is 0 Å². The molecule has 94 valence electrons. The molecular formula is C16H18IN. The topological polar surface area (TPSA) is 3.24 Å². The molecule has 0 heterocycles. The lowest BCUT2D eigenvalue weighted by molar-refractivity contribution is 0.291. The molecule has 0 spiro atoms. The molecule has 0 aromatic heterocycles. The molecule has 0 saturated heterocycles. The zero-order valence-electron chi connectivity index (χ0n) is 10.8. The van der Waals surface area contributed by atoms with Crippen LogP contribution in [-0.2, 0) is 0 Å². The molecule has 0 amide bonds. The summed E-state index contributed by atoms with van der Waals surface area (Å²) in [5, 5.41) is 2.68. The summed E-state index contributed by atoms with van der Waals surface area (Å²) >= 11 is 2.27. The summed E-state index contributed by atoms with van der Waals surface area (Å²) in [4.78, 5) is 2.36. The average molecular weight is 351 g/mol. The molecule has 0 saturated carbocycles. The van der Waals surface area contributed by atoms with E-state index in [1.807, 2.05) is 0 Å². The molecule has 0 aliphatic heterocycles. The van der Waals surface area contributed by atoms with Gasteiger partial charge in [-0.15, -0.1) is 0 Å². The summed E-state index contributed by atoms with van der Waals surface area (Å²) in [6.45, 7) is 3.25. The summed E-state index contributed by atoms with van der Waals surface area (Å²) in [7, 11) is 2.17. The van der Waals surface area contributed by atoms with Crippen LogP contribution in [0.5, 0.6) is 0 Å². The van der Waals surface area contributed by atoms with Crippen molar-refractivity contribution < 1.29 is 0 Å². The second kappa shape index (κ2) is 6.34. The minimum atomic E-state index is 0.420. The van der Waals surface area contributed by atoms with Crippen molar-refractivity contribution in [3.63, 3.8) is 0 Å². The van der Waals surface area contributed by atoms with Crippen LogP contribution in [0.25, 0.3) is 10.8 Å². The van der Waals surface area contributed by atoms with E-state index in [0.717, 1.165) is 6.54 Å². The lowest BCUT2D eigenvalue weighted by Crippen LogP contribution is -2.22. The number of hydrogen-bond donors (Lipinski definition) is 0. The third kappa shape index (κ3) is 2.93. The van der Waals surface area contributed by atoms with Gasteiger partial charge in [-0.25, -0.2) is 0 Å². The molecular weight excluding hydrogens is 333 g/mol. The van der Waals surface area contributed by atoms with Crippen LogP contribution in [0.3, 0.4) is 0 Å². The number of benzene rings is 2. The number of nitrogens with zero attached hydrogens (tertiary/aromatic N) is 1. The van der Waals surface area contributed by atoms with Gasteiger partial charge >= 0.3 is 0 Å². The van der Waals surface area contributed by atoms with Crippen LogP contribution in [0.15, 0.2) is 52.6 Å². The van der Waals surface area contributed by atoms with Crippen LogP contribution in [0.1, 0.15) is 18.5 Å². The third-order valence-corrected chi connectivity index (χ3v) is 3.93. The Labute approximate surface area is 123 Å². The Balaban J connectivity index is 2.35. The molecule has 2 aromatic carbocycles. The second-order valence-corrected chi connectivity index (χ2v) is 5.26. The van der Waals surface area contributed by atoms with Crippen LogP contribution in [0, 0.1) is 0 Å². The summed E-state index contributed by atoms with van der Waals surface area (Å²) in [6, 6.07) is 15.6. The maximum Gasteiger partial charge on any atom is 0.0326 e. The van der Waals surface area contributed by atoms with Crippen LogP contribution in [0.2, 0.25) is 0 Å². The van der Waals surface area contributed by atoms with E-state index >= 15 is 0 Å². The first kappa shape index (κ1) is 13.6. The predicted molar refractivity (Wildman–Crippen MR) is 88.2 cm³/mol. The van der Waals surface area contributed by atoms with E-state index in [1.54, 1.807) is 0 Å². The second-order valence-electron chi connectivity index (χ2n) is 4.55. The van der Waals surface area contributed by atoms with Crippen molar-refractivity contribution in [2.24, 2.45) is 0 Å². The number of fused-ring (bicyclic) bond motifs is 1. The van der Waals surface area contributed by atoms with E-state index < -0.39 is 0 Å². The Hall–Kier alpha value is -0.870. The van der Waals surface area contributed by atoms with Gasteiger partial charge in [-0.2, -0.15) is 0 Å². The van der Waals surface area contributed by atoms with Crippen molar-refractivity contribution in [2.75, 3.05) is 13.6 Å². The van der Waals surface area contributed by atoms with Gasteiger partial charge in [0.2, 0.25) is 0 Å². The molecule has 0 radical (unpaired) electrons. The molecule has 1 atom stereocenters. The van der Waals surface area contributed by atoms with Crippen molar-refractivity contribution in [1.29, 1.82) is 0 Å². The fourth-order valence-electron chi connectivity index (χ4n) is 2.22. The average Bonchev–Trinajstić information content (AvgIpc) is 2.43. The normalized spacial score (nSPS) is 13.6. The van der Waals surface area contributed by atoms with Crippen molar-refractivity contribution >= 4 is 33.4 Å². The molecule has 2 aromatic rings. The summed E-state index contributed by atoms with van der Waals surface area (Å²) < 4.78 is 2.07. The largest absolute Gasteiger partial charge is 0.296 e. The Kier molecular flexibility index (Phi) is 4.78. The van der Waals surface area contributed by atoms with Crippen LogP contribution in [0.4, 0.5) is 0 Å². The predicted octanol–water partition coefficient (Wildman–Crippen LogP) is 4.78. The number of hydrogen-bond acceptors (Lipinski definition) is 1. The first-order chi connectivity index (χ1) is 8.74. The summed E-state index contributed by atoms with van der Waals surface area (Å²) in [5.41, 5.74) is 1.40. The Morgan fingerprint density at radius 3 is 2.67 bits per heavy atom. The van der Waals surface area contributed by atoms with E-state index in [4.69, 9.17) is 0 Å². The van der Waals surface area contributed by atoms with Gasteiger partial charge in [0.15, 0.2) is 0 Å². The van der Waals surface area contributed by atoms with E-state index in [-0.39, 0.29) is 0 Å². The van der Waals surface area contributed by atoms with Crippen molar-refractivity contribution in [2.45, 2.75) is 13.0 Å². The lowest BCUT2D eigenvalue weighted by Gasteiger charge is -2.25. The molecule has 18 heavy (non-hydrogen) atoms. The number of halogens is 1. The number of rotatable bonds is 4. The molecule has 0 unspecified atom stereocenters. The molecule has 2 heteroatoms. The van der Waals surface area contributed by atoms with Gasteiger partial charge in [0.05, 0.1) is 0 Å². The summed E-state index contributed by atoms with van der Waals surface area (Å²) in [6.07, 6.45) is 2.18.